The molecule has 2 heterocycles. The monoisotopic (exact) mass is 652 g/mol. The molecule has 0 bridgehead atoms. The number of nitrogens with one attached hydrogen (secondary N) is 1. The highest BCUT2D eigenvalue weighted by Gasteiger charge is 2.32. The Labute approximate surface area is 282 Å². The predicted molar refractivity (Wildman–Crippen MR) is 187 cm³/mol. The molecule has 1 amide bonds. The minimum Gasteiger partial charge on any atom is -0.489 e. The van der Waals surface area contributed by atoms with Crippen molar-refractivity contribution in [1.82, 2.24) is 19.8 Å². The highest BCUT2D eigenvalue weighted by molar-refractivity contribution is 5.76. The second-order valence-electron chi connectivity index (χ2n) is 13.1. The molecule has 9 nitrogen and oxygen atoms in total. The molecule has 1 atom stereocenters. The Bertz CT molecular complexity index is 1800. The maximum Gasteiger partial charge on any atom is 0.411 e. The number of hydrogen-bond donors (Lipinski definition) is 2. The normalized spacial score (nSPS) is 16.6. The number of fused-ring (bicyclic) bond motifs is 1. The van der Waals surface area contributed by atoms with Gasteiger partial charge >= 0.3 is 6.09 Å². The molecule has 6 rings (SSSR count). The number of nitrogens with two attached hydrogens (primary N) is 1. The summed E-state index contributed by atoms with van der Waals surface area (Å²) in [5, 5.41) is 3.14. The zero-order valence-corrected chi connectivity index (χ0v) is 28.5. The molecule has 1 unspecified atom stereocenters. The van der Waals surface area contributed by atoms with Crippen molar-refractivity contribution in [2.24, 2.45) is 5.73 Å². The smallest absolute Gasteiger partial charge is 0.411 e. The number of aromatic nitrogens is 2. The van der Waals surface area contributed by atoms with E-state index >= 15 is 4.39 Å². The van der Waals surface area contributed by atoms with Crippen LogP contribution in [0, 0.1) is 26.6 Å². The van der Waals surface area contributed by atoms with Gasteiger partial charge in [-0.3, -0.25) is 9.80 Å². The lowest BCUT2D eigenvalue weighted by Crippen LogP contribution is -2.49. The van der Waals surface area contributed by atoms with E-state index in [9.17, 15) is 4.79 Å². The van der Waals surface area contributed by atoms with Crippen molar-refractivity contribution in [3.8, 4) is 22.9 Å². The number of hydrogen-bond acceptors (Lipinski definition) is 8. The fourth-order valence-electron chi connectivity index (χ4n) is 6.88. The van der Waals surface area contributed by atoms with Crippen molar-refractivity contribution in [1.29, 1.82) is 0 Å². The minimum atomic E-state index is -0.968. The van der Waals surface area contributed by atoms with Crippen LogP contribution in [0.3, 0.4) is 0 Å². The molecule has 4 aromatic rings. The molecule has 252 valence electrons. The number of piperazine rings is 1. The summed E-state index contributed by atoms with van der Waals surface area (Å²) in [7, 11) is 0. The number of nitrogens with zero attached hydrogens (tertiary/aromatic N) is 4. The van der Waals surface area contributed by atoms with Crippen LogP contribution >= 0.6 is 0 Å². The average molecular weight is 653 g/mol. The number of halogens is 1. The number of benzene rings is 3. The Morgan fingerprint density at radius 2 is 1.79 bits per heavy atom. The standard InChI is InChI=1S/C38H45FN6O3/c1-23(2)45-18-16-44(17-19-45)20-21-47-33-15-12-28(22-32(33)39)41-38-42-35(29-13-10-24(3)25(4)26(29)5)34(36(43-38)48-37(40)46)31-14-11-27-8-6-7-9-30(27)31/h6-10,12-13,15,22-23,31H,11,14,16-21H2,1-5H3,(H2,40,46)(H,41,42,43). The summed E-state index contributed by atoms with van der Waals surface area (Å²) >= 11 is 0. The van der Waals surface area contributed by atoms with Gasteiger partial charge in [-0.2, -0.15) is 4.98 Å². The number of carbonyl (C=O) groups is 1. The molecule has 10 heteroatoms. The van der Waals surface area contributed by atoms with Crippen molar-refractivity contribution in [3.63, 3.8) is 0 Å². The maximum atomic E-state index is 15.3. The van der Waals surface area contributed by atoms with Crippen molar-refractivity contribution >= 4 is 17.7 Å². The van der Waals surface area contributed by atoms with Crippen LogP contribution in [0.4, 0.5) is 20.8 Å². The Balaban J connectivity index is 1.29. The van der Waals surface area contributed by atoms with Gasteiger partial charge in [0.25, 0.3) is 0 Å². The zero-order valence-electron chi connectivity index (χ0n) is 28.5. The number of rotatable bonds is 10. The van der Waals surface area contributed by atoms with Gasteiger partial charge in [-0.25, -0.2) is 14.2 Å². The third-order valence-electron chi connectivity index (χ3n) is 9.89. The van der Waals surface area contributed by atoms with E-state index in [1.165, 1.54) is 11.6 Å². The van der Waals surface area contributed by atoms with Crippen LogP contribution in [-0.2, 0) is 6.42 Å². The van der Waals surface area contributed by atoms with Crippen LogP contribution in [-0.4, -0.2) is 71.2 Å². The summed E-state index contributed by atoms with van der Waals surface area (Å²) in [4.78, 5) is 26.7. The number of primary amides is 1. The van der Waals surface area contributed by atoms with Gasteiger partial charge in [0.1, 0.15) is 6.61 Å². The van der Waals surface area contributed by atoms with Gasteiger partial charge in [-0.1, -0.05) is 36.4 Å². The van der Waals surface area contributed by atoms with E-state index in [4.69, 9.17) is 20.2 Å². The zero-order chi connectivity index (χ0) is 33.9. The van der Waals surface area contributed by atoms with Crippen molar-refractivity contribution in [2.45, 2.75) is 59.4 Å². The number of ether oxygens (including phenoxy) is 2. The topological polar surface area (TPSA) is 106 Å². The van der Waals surface area contributed by atoms with Crippen LogP contribution in [0.2, 0.25) is 0 Å². The Kier molecular flexibility index (Phi) is 9.93. The summed E-state index contributed by atoms with van der Waals surface area (Å²) in [6.45, 7) is 15.8. The fraction of sp³-hybridized carbons (Fsp3) is 0.395. The third-order valence-corrected chi connectivity index (χ3v) is 9.89. The highest BCUT2D eigenvalue weighted by Crippen LogP contribution is 2.46. The summed E-state index contributed by atoms with van der Waals surface area (Å²) in [5.41, 5.74) is 14.0. The van der Waals surface area contributed by atoms with Crippen molar-refractivity contribution < 1.29 is 18.7 Å². The van der Waals surface area contributed by atoms with E-state index in [1.807, 2.05) is 18.2 Å². The molecule has 1 aromatic heterocycles. The van der Waals surface area contributed by atoms with E-state index in [-0.39, 0.29) is 23.5 Å². The van der Waals surface area contributed by atoms with Gasteiger partial charge in [0.05, 0.1) is 5.69 Å². The van der Waals surface area contributed by atoms with Crippen LogP contribution in [0.5, 0.6) is 11.6 Å². The molecule has 1 saturated heterocycles. The van der Waals surface area contributed by atoms with Gasteiger partial charge in [0.2, 0.25) is 11.8 Å². The first-order valence-electron chi connectivity index (χ1n) is 16.8. The molecule has 1 aliphatic carbocycles. The second kappa shape index (κ2) is 14.3. The van der Waals surface area contributed by atoms with Crippen molar-refractivity contribution in [3.05, 3.63) is 93.8 Å². The first kappa shape index (κ1) is 33.4. The summed E-state index contributed by atoms with van der Waals surface area (Å²) in [6.07, 6.45) is 0.719. The van der Waals surface area contributed by atoms with Gasteiger partial charge < -0.3 is 20.5 Å². The van der Waals surface area contributed by atoms with Gasteiger partial charge in [0, 0.05) is 67.6 Å². The largest absolute Gasteiger partial charge is 0.489 e. The number of anilines is 2. The molecule has 0 spiro atoms. The van der Waals surface area contributed by atoms with E-state index in [0.29, 0.717) is 29.6 Å². The lowest BCUT2D eigenvalue weighted by atomic mass is 9.87. The lowest BCUT2D eigenvalue weighted by Gasteiger charge is -2.36. The van der Waals surface area contributed by atoms with E-state index in [1.54, 1.807) is 12.1 Å². The molecule has 0 radical (unpaired) electrons. The average Bonchev–Trinajstić information content (AvgIpc) is 3.48. The number of carbonyl (C=O) groups excluding carboxylic acids is 1. The SMILES string of the molecule is Cc1ccc(-c2nc(Nc3ccc(OCCN4CCN(C(C)C)CC4)c(F)c3)nc(OC(N)=O)c2C2CCc3ccccc32)c(C)c1C. The maximum absolute atomic E-state index is 15.3. The minimum absolute atomic E-state index is 0.0870. The molecule has 3 N–H and O–H groups in total. The number of amides is 1. The Hall–Kier alpha value is -4.54. The number of aryl methyl sites for hydroxylation is 2. The Morgan fingerprint density at radius 3 is 2.52 bits per heavy atom. The van der Waals surface area contributed by atoms with Crippen LogP contribution in [0.15, 0.2) is 54.6 Å². The molecule has 1 aliphatic heterocycles. The molecular formula is C38H45FN6O3. The first-order valence-corrected chi connectivity index (χ1v) is 16.8. The molecular weight excluding hydrogens is 607 g/mol. The van der Waals surface area contributed by atoms with E-state index in [0.717, 1.165) is 73.4 Å². The molecule has 2 aliphatic rings. The van der Waals surface area contributed by atoms with Crippen molar-refractivity contribution in [2.75, 3.05) is 44.6 Å². The van der Waals surface area contributed by atoms with Crippen LogP contribution < -0.4 is 20.5 Å². The van der Waals surface area contributed by atoms with Gasteiger partial charge in [-0.15, -0.1) is 0 Å². The molecule has 0 saturated carbocycles. The summed E-state index contributed by atoms with van der Waals surface area (Å²) < 4.78 is 26.7. The fourth-order valence-corrected chi connectivity index (χ4v) is 6.88. The quantitative estimate of drug-likeness (QED) is 0.191. The highest BCUT2D eigenvalue weighted by atomic mass is 19.1. The first-order chi connectivity index (χ1) is 23.1. The van der Waals surface area contributed by atoms with E-state index < -0.39 is 11.9 Å². The predicted octanol–water partition coefficient (Wildman–Crippen LogP) is 6.89. The Morgan fingerprint density at radius 1 is 1.02 bits per heavy atom. The third kappa shape index (κ3) is 7.15. The summed E-state index contributed by atoms with van der Waals surface area (Å²) in [6, 6.07) is 17.6. The molecule has 1 fully saturated rings. The van der Waals surface area contributed by atoms with Crippen LogP contribution in [0.25, 0.3) is 11.3 Å². The van der Waals surface area contributed by atoms with E-state index in [2.05, 4.69) is 72.9 Å². The lowest BCUT2D eigenvalue weighted by molar-refractivity contribution is 0.0965. The summed E-state index contributed by atoms with van der Waals surface area (Å²) in [5.74, 6) is -0.176. The molecule has 3 aromatic carbocycles. The molecule has 48 heavy (non-hydrogen) atoms. The second-order valence-corrected chi connectivity index (χ2v) is 13.1. The van der Waals surface area contributed by atoms with Gasteiger partial charge in [0.15, 0.2) is 11.6 Å². The van der Waals surface area contributed by atoms with Gasteiger partial charge in [-0.05, 0) is 87.4 Å². The van der Waals surface area contributed by atoms with Crippen LogP contribution in [0.1, 0.15) is 59.6 Å².